The van der Waals surface area contributed by atoms with Crippen LogP contribution in [-0.2, 0) is 80.0 Å². The van der Waals surface area contributed by atoms with E-state index in [0.717, 1.165) is 250 Å². The van der Waals surface area contributed by atoms with Gasteiger partial charge in [-0.15, -0.1) is 0 Å². The minimum atomic E-state index is -0.378. The Kier molecular flexibility index (Phi) is 50.9. The second-order valence-electron chi connectivity index (χ2n) is 35.9. The second-order valence-corrected chi connectivity index (χ2v) is 35.9. The summed E-state index contributed by atoms with van der Waals surface area (Å²) >= 11 is 0. The van der Waals surface area contributed by atoms with Gasteiger partial charge in [-0.3, -0.25) is 47.9 Å². The fourth-order valence-corrected chi connectivity index (χ4v) is 17.3. The average molecular weight is 1690 g/mol. The predicted molar refractivity (Wildman–Crippen MR) is 495 cm³/mol. The zero-order chi connectivity index (χ0) is 88.9. The van der Waals surface area contributed by atoms with Crippen molar-refractivity contribution in [3.05, 3.63) is 149 Å². The Hall–Kier alpha value is -8.20. The Labute approximate surface area is 740 Å². The lowest BCUT2D eigenvalue weighted by Gasteiger charge is -2.26. The van der Waals surface area contributed by atoms with E-state index in [2.05, 4.69) is 69.2 Å². The zero-order valence-corrected chi connectivity index (χ0v) is 77.4. The van der Waals surface area contributed by atoms with Crippen LogP contribution < -0.4 is 23.7 Å². The van der Waals surface area contributed by atoms with Gasteiger partial charge in [0.05, 0.1) is 62.6 Å². The summed E-state index contributed by atoms with van der Waals surface area (Å²) in [6.45, 7) is 25.1. The first-order chi connectivity index (χ1) is 59.6. The van der Waals surface area contributed by atoms with E-state index in [1.807, 2.05) is 121 Å². The molecule has 0 aromatic heterocycles. The van der Waals surface area contributed by atoms with Crippen LogP contribution in [0.3, 0.4) is 0 Å². The van der Waals surface area contributed by atoms with E-state index >= 15 is 0 Å². The fraction of sp³-hybridized carbons (Fsp3) is 0.630. The largest absolute Gasteiger partial charge is 0.494 e. The van der Waals surface area contributed by atoms with Crippen LogP contribution in [0.15, 0.2) is 121 Å². The second kappa shape index (κ2) is 60.4. The molecule has 0 saturated heterocycles. The van der Waals surface area contributed by atoms with Gasteiger partial charge in [-0.2, -0.15) is 0 Å². The fourth-order valence-electron chi connectivity index (χ4n) is 17.3. The number of hydrogen-bond acceptors (Lipinski definition) is 15. The summed E-state index contributed by atoms with van der Waals surface area (Å²) in [5.74, 6) is 5.89. The maximum atomic E-state index is 12.7. The number of unbranched alkanes of at least 4 members (excludes halogenated alkanes) is 11. The number of benzene rings is 5. The van der Waals surface area contributed by atoms with E-state index in [-0.39, 0.29) is 87.4 Å². The Morgan fingerprint density at radius 2 is 0.463 bits per heavy atom. The van der Waals surface area contributed by atoms with Gasteiger partial charge in [0.15, 0.2) is 0 Å². The maximum absolute atomic E-state index is 12.7. The van der Waals surface area contributed by atoms with E-state index in [0.29, 0.717) is 93.8 Å². The number of hydrogen-bond donors (Lipinski definition) is 0. The molecule has 5 aromatic carbocycles. The van der Waals surface area contributed by atoms with Crippen molar-refractivity contribution in [3.8, 4) is 28.7 Å². The van der Waals surface area contributed by atoms with Crippen LogP contribution in [-0.4, -0.2) is 90.9 Å². The normalized spacial score (nSPS) is 20.6. The van der Waals surface area contributed by atoms with Gasteiger partial charge in [-0.1, -0.05) is 245 Å². The summed E-state index contributed by atoms with van der Waals surface area (Å²) < 4.78 is 28.2. The summed E-state index contributed by atoms with van der Waals surface area (Å²) in [5, 5.41) is 0. The number of ketones is 10. The lowest BCUT2D eigenvalue weighted by molar-refractivity contribution is -0.136. The lowest BCUT2D eigenvalue weighted by Crippen LogP contribution is -2.32. The van der Waals surface area contributed by atoms with Gasteiger partial charge in [0.25, 0.3) is 0 Å². The lowest BCUT2D eigenvalue weighted by atomic mass is 9.76. The van der Waals surface area contributed by atoms with Gasteiger partial charge < -0.3 is 23.7 Å². The molecule has 15 nitrogen and oxygen atoms in total. The summed E-state index contributed by atoms with van der Waals surface area (Å²) in [7, 11) is 0. The molecule has 0 aliphatic heterocycles. The first-order valence-corrected chi connectivity index (χ1v) is 48.5. The minimum absolute atomic E-state index is 0.0663. The van der Waals surface area contributed by atoms with Gasteiger partial charge in [0, 0.05) is 64.2 Å². The molecule has 5 aliphatic rings. The third-order valence-corrected chi connectivity index (χ3v) is 25.3. The first-order valence-electron chi connectivity index (χ1n) is 48.5. The Balaban J connectivity index is 0.000000238. The molecule has 5 aliphatic carbocycles. The quantitative estimate of drug-likeness (QED) is 0.0261. The van der Waals surface area contributed by atoms with Crippen molar-refractivity contribution in [2.75, 3.05) is 33.0 Å². The van der Waals surface area contributed by atoms with Gasteiger partial charge in [0.1, 0.15) is 86.6 Å². The molecule has 123 heavy (non-hydrogen) atoms. The van der Waals surface area contributed by atoms with Gasteiger partial charge >= 0.3 is 0 Å². The van der Waals surface area contributed by atoms with Gasteiger partial charge in [-0.05, 0) is 214 Å². The molecular weight excluding hydrogens is 1540 g/mol. The van der Waals surface area contributed by atoms with Crippen molar-refractivity contribution >= 4 is 57.8 Å². The molecule has 0 N–H and O–H groups in total. The van der Waals surface area contributed by atoms with E-state index in [1.54, 1.807) is 0 Å². The minimum Gasteiger partial charge on any atom is -0.494 e. The number of rotatable bonds is 48. The molecule has 678 valence electrons. The standard InChI is InChI=1S/C25H38O3.C23H34O3.C21H30O3.C20H28O3.C19H26O3/c1-3-5-7-8-9-10-20-13-16-23(24(26)18-20)25(27)19-21-11-14-22(15-12-21)28-17-6-4-2;1-3-5-7-8-18-11-14-21(22(24)16-18)23(25)17-19-9-12-20(13-10-19)26-15-6-4-2;1-3-5-13-24-18-10-7-17(8-11-18)15-21(23)19-12-9-16(6-4-2)14-20(19)22;1-3-5-12-23-17-9-6-16(7-10-17)14-20(22)18-11-8-15(4-2)13-19(18)21;1-3-4-11-22-16-8-6-15(7-9-16)13-19(21)17-10-5-14(2)12-18(17)20/h11-12,14-15,20,23H,3-10,13,16-19H2,1-2H3;9-10,12-13,18,21H,3-8,11,14-17H2,1-2H3;7-8,10-11,16,19H,3-6,9,12-15H2,1-2H3;6-7,9-10,15,18H,3-5,8,11-14H2,1-2H3;6-9,14,17H,3-5,10-13H2,1-2H3. The SMILES string of the molecule is CCCCCC1CCC(C(=O)Cc2ccc(OCCCC)cc2)C(=O)C1.CCCCCCCC1CCC(C(=O)Cc2ccc(OCCCC)cc2)C(=O)C1.CCCCOc1ccc(CC(=O)C2CCC(C)CC2=O)cc1.CCCCOc1ccc(CC(=O)C2CCC(CC)CC2=O)cc1.CCCCOc1ccc(CC(=O)C2CCC(CCC)CC2=O)cc1. The van der Waals surface area contributed by atoms with Crippen molar-refractivity contribution in [1.82, 2.24) is 0 Å². The molecule has 0 amide bonds. The average Bonchev–Trinajstić information content (AvgIpc) is 0.853. The predicted octanol–water partition coefficient (Wildman–Crippen LogP) is 25.0. The highest BCUT2D eigenvalue weighted by molar-refractivity contribution is 6.06. The third-order valence-electron chi connectivity index (χ3n) is 25.3. The van der Waals surface area contributed by atoms with Crippen LogP contribution >= 0.6 is 0 Å². The number of carbonyl (C=O) groups excluding carboxylic acids is 10. The molecule has 10 atom stereocenters. The molecule has 10 unspecified atom stereocenters. The van der Waals surface area contributed by atoms with Crippen LogP contribution in [0, 0.1) is 59.2 Å². The highest BCUT2D eigenvalue weighted by Crippen LogP contribution is 2.36. The summed E-state index contributed by atoms with van der Waals surface area (Å²) in [6.07, 6.45) is 39.8. The van der Waals surface area contributed by atoms with Crippen LogP contribution in [0.4, 0.5) is 0 Å². The van der Waals surface area contributed by atoms with E-state index in [1.165, 1.54) is 51.4 Å². The molecule has 0 spiro atoms. The Bertz CT molecular complexity index is 3870. The highest BCUT2D eigenvalue weighted by Gasteiger charge is 2.37. The van der Waals surface area contributed by atoms with Crippen molar-refractivity contribution in [3.63, 3.8) is 0 Å². The smallest absolute Gasteiger partial charge is 0.147 e. The molecule has 5 aromatic rings. The van der Waals surface area contributed by atoms with E-state index in [4.69, 9.17) is 23.7 Å². The molecule has 5 fully saturated rings. The number of ether oxygens (including phenoxy) is 5. The van der Waals surface area contributed by atoms with Gasteiger partial charge in [-0.25, -0.2) is 0 Å². The third kappa shape index (κ3) is 39.9. The summed E-state index contributed by atoms with van der Waals surface area (Å²) in [5.41, 5.74) is 4.82. The number of carbonyl (C=O) groups is 10. The van der Waals surface area contributed by atoms with Crippen molar-refractivity contribution in [1.29, 1.82) is 0 Å². The van der Waals surface area contributed by atoms with Gasteiger partial charge in [0.2, 0.25) is 0 Å². The highest BCUT2D eigenvalue weighted by atomic mass is 16.5. The summed E-state index contributed by atoms with van der Waals surface area (Å²) in [6, 6.07) is 38.5. The monoisotopic (exact) mass is 1690 g/mol. The van der Waals surface area contributed by atoms with Crippen LogP contribution in [0.25, 0.3) is 0 Å². The number of Topliss-reactive ketones (excluding diaryl/α,β-unsaturated/α-hetero) is 10. The Morgan fingerprint density at radius 1 is 0.244 bits per heavy atom. The first kappa shape index (κ1) is 104. The topological polar surface area (TPSA) is 217 Å². The molecule has 5 saturated carbocycles. The Morgan fingerprint density at radius 3 is 0.707 bits per heavy atom. The van der Waals surface area contributed by atoms with Crippen molar-refractivity contribution < 1.29 is 71.6 Å². The van der Waals surface area contributed by atoms with E-state index < -0.39 is 0 Å². The molecule has 15 heteroatoms. The van der Waals surface area contributed by atoms with E-state index in [9.17, 15) is 47.9 Å². The van der Waals surface area contributed by atoms with Crippen molar-refractivity contribution in [2.24, 2.45) is 59.2 Å². The zero-order valence-electron chi connectivity index (χ0n) is 77.4. The molecular formula is C108H156O15. The van der Waals surface area contributed by atoms with Crippen LogP contribution in [0.2, 0.25) is 0 Å². The van der Waals surface area contributed by atoms with Crippen molar-refractivity contribution in [2.45, 2.75) is 345 Å². The summed E-state index contributed by atoms with van der Waals surface area (Å²) in [4.78, 5) is 124. The molecule has 0 heterocycles. The maximum Gasteiger partial charge on any atom is 0.147 e. The van der Waals surface area contributed by atoms with Crippen LogP contribution in [0.1, 0.15) is 341 Å². The van der Waals surface area contributed by atoms with Crippen LogP contribution in [0.5, 0.6) is 28.7 Å². The molecule has 0 radical (unpaired) electrons. The molecule has 10 rings (SSSR count). The molecule has 0 bridgehead atoms.